The van der Waals surface area contributed by atoms with Gasteiger partial charge in [0.2, 0.25) is 0 Å². The van der Waals surface area contributed by atoms with Crippen LogP contribution in [0.5, 0.6) is 0 Å². The normalized spacial score (nSPS) is 31.8. The summed E-state index contributed by atoms with van der Waals surface area (Å²) in [5.41, 5.74) is 0. The molecule has 0 aromatic heterocycles. The Morgan fingerprint density at radius 1 is 1.69 bits per heavy atom. The van der Waals surface area contributed by atoms with Gasteiger partial charge in [-0.15, -0.1) is 0 Å². The molecule has 1 N–H and O–H groups in total. The number of halogens is 1. The average Bonchev–Trinajstić information content (AvgIpc) is 2.08. The monoisotopic (exact) mass is 202 g/mol. The van der Waals surface area contributed by atoms with Crippen molar-refractivity contribution in [2.24, 2.45) is 5.92 Å². The summed E-state index contributed by atoms with van der Waals surface area (Å²) >= 11 is 5.75. The van der Waals surface area contributed by atoms with Crippen LogP contribution in [0.2, 0.25) is 0 Å². The van der Waals surface area contributed by atoms with E-state index in [0.717, 1.165) is 0 Å². The Bertz CT molecular complexity index is 256. The lowest BCUT2D eigenvalue weighted by molar-refractivity contribution is -0.142. The van der Waals surface area contributed by atoms with Gasteiger partial charge in [-0.25, -0.2) is 0 Å². The molecule has 2 atom stereocenters. The number of methoxy groups -OCH3 is 1. The Balaban J connectivity index is 2.64. The first-order valence-corrected chi connectivity index (χ1v) is 4.28. The number of carbonyl (C=O) groups is 1. The molecule has 1 aliphatic carbocycles. The molecule has 0 aromatic carbocycles. The van der Waals surface area contributed by atoms with Crippen molar-refractivity contribution < 1.29 is 14.6 Å². The zero-order valence-corrected chi connectivity index (χ0v) is 7.99. The molecule has 1 rings (SSSR count). The predicted molar refractivity (Wildman–Crippen MR) is 49.2 cm³/mol. The second kappa shape index (κ2) is 3.94. The molecule has 0 bridgehead atoms. The lowest BCUT2D eigenvalue weighted by atomic mass is 9.94. The first kappa shape index (κ1) is 10.3. The van der Waals surface area contributed by atoms with Gasteiger partial charge < -0.3 is 9.84 Å². The van der Waals surface area contributed by atoms with Crippen LogP contribution in [0, 0.1) is 5.92 Å². The van der Waals surface area contributed by atoms with Gasteiger partial charge >= 0.3 is 5.97 Å². The highest BCUT2D eigenvalue weighted by Crippen LogP contribution is 2.31. The zero-order chi connectivity index (χ0) is 9.90. The minimum Gasteiger partial charge on any atom is -0.469 e. The molecule has 72 valence electrons. The number of hydrogen-bond donors (Lipinski definition) is 1. The second-order valence-electron chi connectivity index (χ2n) is 2.86. The summed E-state index contributed by atoms with van der Waals surface area (Å²) in [6.07, 6.45) is 6.59. The number of carbonyl (C=O) groups excluding carboxylic acids is 1. The average molecular weight is 203 g/mol. The summed E-state index contributed by atoms with van der Waals surface area (Å²) in [6.45, 7) is 0. The van der Waals surface area contributed by atoms with Crippen LogP contribution in [0.3, 0.4) is 0 Å². The Kier molecular flexibility index (Phi) is 3.12. The van der Waals surface area contributed by atoms with Gasteiger partial charge in [-0.2, -0.15) is 0 Å². The van der Waals surface area contributed by atoms with Crippen molar-refractivity contribution in [3.8, 4) is 0 Å². The summed E-state index contributed by atoms with van der Waals surface area (Å²) in [7, 11) is 1.30. The van der Waals surface area contributed by atoms with E-state index < -0.39 is 11.0 Å². The Hall–Kier alpha value is -0.800. The quantitative estimate of drug-likeness (QED) is 0.541. The topological polar surface area (TPSA) is 46.5 Å². The lowest BCUT2D eigenvalue weighted by Crippen LogP contribution is -2.31. The molecule has 0 radical (unpaired) electrons. The zero-order valence-electron chi connectivity index (χ0n) is 7.24. The molecule has 0 saturated heterocycles. The number of allylic oxidation sites excluding steroid dienone is 2. The molecule has 3 nitrogen and oxygen atoms in total. The van der Waals surface area contributed by atoms with Crippen molar-refractivity contribution >= 4 is 17.6 Å². The molecule has 0 amide bonds. The summed E-state index contributed by atoms with van der Waals surface area (Å²) in [5, 5.41) is 8.13. The smallest absolute Gasteiger partial charge is 0.306 e. The molecular formula is C9H11ClO3. The highest BCUT2D eigenvalue weighted by molar-refractivity contribution is 6.24. The fraction of sp³-hybridized carbons (Fsp3) is 0.444. The number of rotatable bonds is 2. The van der Waals surface area contributed by atoms with E-state index in [4.69, 9.17) is 11.6 Å². The van der Waals surface area contributed by atoms with E-state index in [-0.39, 0.29) is 12.4 Å². The molecule has 4 heteroatoms. The number of hydrogen-bond acceptors (Lipinski definition) is 3. The van der Waals surface area contributed by atoms with Gasteiger partial charge in [0.15, 0.2) is 5.06 Å². The van der Waals surface area contributed by atoms with E-state index in [1.165, 1.54) is 13.2 Å². The molecule has 0 fully saturated rings. The maximum Gasteiger partial charge on any atom is 0.306 e. The highest BCUT2D eigenvalue weighted by Gasteiger charge is 2.33. The van der Waals surface area contributed by atoms with Gasteiger partial charge in [-0.05, 0) is 6.08 Å². The Morgan fingerprint density at radius 3 is 2.92 bits per heavy atom. The van der Waals surface area contributed by atoms with Crippen molar-refractivity contribution in [3.05, 3.63) is 24.3 Å². The standard InChI is InChI=1S/C9H11ClO3/c1-13-8(11)6-7-4-2-3-5-9(7,10)12/h2-5,7,12H,6H2,1H3. The van der Waals surface area contributed by atoms with E-state index >= 15 is 0 Å². The SMILES string of the molecule is COC(=O)CC1C=CC=CC1(O)Cl. The molecule has 1 aliphatic rings. The van der Waals surface area contributed by atoms with Gasteiger partial charge in [0.1, 0.15) is 0 Å². The van der Waals surface area contributed by atoms with Gasteiger partial charge in [0.25, 0.3) is 0 Å². The Morgan fingerprint density at radius 2 is 2.38 bits per heavy atom. The first-order chi connectivity index (χ1) is 6.06. The number of alkyl halides is 1. The maximum absolute atomic E-state index is 10.9. The summed E-state index contributed by atoms with van der Waals surface area (Å²) in [4.78, 5) is 10.9. The largest absolute Gasteiger partial charge is 0.469 e. The fourth-order valence-corrected chi connectivity index (χ4v) is 1.34. The maximum atomic E-state index is 10.9. The minimum absolute atomic E-state index is 0.0807. The van der Waals surface area contributed by atoms with Crippen molar-refractivity contribution in [2.75, 3.05) is 7.11 Å². The number of aliphatic hydroxyl groups is 1. The van der Waals surface area contributed by atoms with E-state index in [0.29, 0.717) is 0 Å². The van der Waals surface area contributed by atoms with E-state index in [2.05, 4.69) is 4.74 Å². The van der Waals surface area contributed by atoms with Crippen LogP contribution in [0.25, 0.3) is 0 Å². The number of ether oxygens (including phenoxy) is 1. The van der Waals surface area contributed by atoms with Crippen LogP contribution >= 0.6 is 11.6 Å². The predicted octanol–water partition coefficient (Wildman–Crippen LogP) is 1.22. The van der Waals surface area contributed by atoms with E-state index in [1.54, 1.807) is 18.2 Å². The molecule has 13 heavy (non-hydrogen) atoms. The second-order valence-corrected chi connectivity index (χ2v) is 3.46. The molecule has 2 unspecified atom stereocenters. The third-order valence-corrected chi connectivity index (χ3v) is 2.33. The molecule has 0 spiro atoms. The van der Waals surface area contributed by atoms with Crippen molar-refractivity contribution in [1.82, 2.24) is 0 Å². The third kappa shape index (κ3) is 2.57. The van der Waals surface area contributed by atoms with E-state index in [1.807, 2.05) is 0 Å². The molecule has 0 saturated carbocycles. The van der Waals surface area contributed by atoms with Crippen LogP contribution in [0.15, 0.2) is 24.3 Å². The van der Waals surface area contributed by atoms with Crippen LogP contribution in [0.4, 0.5) is 0 Å². The van der Waals surface area contributed by atoms with Crippen LogP contribution in [-0.2, 0) is 9.53 Å². The lowest BCUT2D eigenvalue weighted by Gasteiger charge is -2.26. The molecule has 0 aromatic rings. The number of esters is 1. The highest BCUT2D eigenvalue weighted by atomic mass is 35.5. The van der Waals surface area contributed by atoms with Crippen molar-refractivity contribution in [2.45, 2.75) is 11.5 Å². The van der Waals surface area contributed by atoms with Gasteiger partial charge in [-0.1, -0.05) is 29.8 Å². The van der Waals surface area contributed by atoms with Gasteiger partial charge in [0.05, 0.1) is 13.5 Å². The fourth-order valence-electron chi connectivity index (χ4n) is 1.12. The summed E-state index contributed by atoms with van der Waals surface area (Å²) < 4.78 is 4.48. The van der Waals surface area contributed by atoms with Gasteiger partial charge in [0, 0.05) is 5.92 Å². The molecular weight excluding hydrogens is 192 g/mol. The Labute approximate surface area is 81.6 Å². The third-order valence-electron chi connectivity index (χ3n) is 1.92. The molecule has 0 heterocycles. The first-order valence-electron chi connectivity index (χ1n) is 3.90. The van der Waals surface area contributed by atoms with Crippen molar-refractivity contribution in [1.29, 1.82) is 0 Å². The summed E-state index contributed by atoms with van der Waals surface area (Å²) in [6, 6.07) is 0. The van der Waals surface area contributed by atoms with E-state index in [9.17, 15) is 9.90 Å². The van der Waals surface area contributed by atoms with Crippen LogP contribution in [-0.4, -0.2) is 23.2 Å². The summed E-state index contributed by atoms with van der Waals surface area (Å²) in [5.74, 6) is -0.810. The minimum atomic E-state index is -1.47. The van der Waals surface area contributed by atoms with Crippen LogP contribution in [0.1, 0.15) is 6.42 Å². The molecule has 0 aliphatic heterocycles. The van der Waals surface area contributed by atoms with Gasteiger partial charge in [-0.3, -0.25) is 4.79 Å². The van der Waals surface area contributed by atoms with Crippen molar-refractivity contribution in [3.63, 3.8) is 0 Å². The van der Waals surface area contributed by atoms with Crippen LogP contribution < -0.4 is 0 Å².